The third-order valence-electron chi connectivity index (χ3n) is 4.53. The Hall–Kier alpha value is -1.92. The normalized spacial score (nSPS) is 18.7. The van der Waals surface area contributed by atoms with Crippen molar-refractivity contribution in [2.45, 2.75) is 37.6 Å². The van der Waals surface area contributed by atoms with Gasteiger partial charge in [-0.15, -0.1) is 0 Å². The molecule has 6 heteroatoms. The van der Waals surface area contributed by atoms with Crippen molar-refractivity contribution in [3.05, 3.63) is 53.3 Å². The predicted molar refractivity (Wildman–Crippen MR) is 92.6 cm³/mol. The number of aromatic nitrogens is 1. The van der Waals surface area contributed by atoms with Gasteiger partial charge in [-0.25, -0.2) is 8.42 Å². The molecule has 1 saturated heterocycles. The highest BCUT2D eigenvalue weighted by atomic mass is 32.2. The smallest absolute Gasteiger partial charge is 0.244 e. The van der Waals surface area contributed by atoms with Crippen LogP contribution in [0.3, 0.4) is 0 Å². The lowest BCUT2D eigenvalue weighted by atomic mass is 10.1. The second-order valence-corrected chi connectivity index (χ2v) is 7.97. The molecule has 128 valence electrons. The lowest BCUT2D eigenvalue weighted by molar-refractivity contribution is 0.395. The van der Waals surface area contributed by atoms with E-state index in [0.29, 0.717) is 28.3 Å². The van der Waals surface area contributed by atoms with E-state index in [4.69, 9.17) is 4.74 Å². The number of nitrogens with zero attached hydrogens (tertiary/aromatic N) is 2. The zero-order valence-corrected chi connectivity index (χ0v) is 15.0. The van der Waals surface area contributed by atoms with Crippen molar-refractivity contribution in [3.8, 4) is 5.75 Å². The minimum Gasteiger partial charge on any atom is -0.497 e. The number of aryl methyl sites for hydroxylation is 2. The largest absolute Gasteiger partial charge is 0.497 e. The van der Waals surface area contributed by atoms with Gasteiger partial charge in [-0.1, -0.05) is 0 Å². The van der Waals surface area contributed by atoms with E-state index in [9.17, 15) is 8.42 Å². The lowest BCUT2D eigenvalue weighted by Crippen LogP contribution is -2.31. The van der Waals surface area contributed by atoms with Crippen LogP contribution >= 0.6 is 0 Å². The van der Waals surface area contributed by atoms with Gasteiger partial charge in [-0.2, -0.15) is 4.31 Å². The van der Waals surface area contributed by atoms with Crippen molar-refractivity contribution in [1.82, 2.24) is 9.29 Å². The van der Waals surface area contributed by atoms with Crippen molar-refractivity contribution in [3.63, 3.8) is 0 Å². The molecular formula is C18H22N2O3S. The fourth-order valence-corrected chi connectivity index (χ4v) is 5.60. The monoisotopic (exact) mass is 346 g/mol. The van der Waals surface area contributed by atoms with Gasteiger partial charge in [0.15, 0.2) is 0 Å². The number of pyridine rings is 1. The summed E-state index contributed by atoms with van der Waals surface area (Å²) >= 11 is 0. The molecule has 0 unspecified atom stereocenters. The van der Waals surface area contributed by atoms with Crippen molar-refractivity contribution >= 4 is 10.0 Å². The number of rotatable bonds is 4. The molecule has 1 aromatic carbocycles. The molecule has 5 nitrogen and oxygen atoms in total. The highest BCUT2D eigenvalue weighted by Crippen LogP contribution is 2.38. The molecule has 0 bridgehead atoms. The molecule has 0 aliphatic carbocycles. The van der Waals surface area contributed by atoms with Crippen molar-refractivity contribution in [1.29, 1.82) is 0 Å². The van der Waals surface area contributed by atoms with E-state index in [1.54, 1.807) is 35.9 Å². The Morgan fingerprint density at radius 1 is 1.17 bits per heavy atom. The van der Waals surface area contributed by atoms with Crippen LogP contribution in [0.1, 0.15) is 35.6 Å². The first kappa shape index (κ1) is 16.9. The van der Waals surface area contributed by atoms with Gasteiger partial charge in [-0.3, -0.25) is 4.98 Å². The predicted octanol–water partition coefficient (Wildman–Crippen LogP) is 3.23. The molecule has 0 amide bonds. The summed E-state index contributed by atoms with van der Waals surface area (Å²) in [5.41, 5.74) is 2.43. The molecule has 3 rings (SSSR count). The van der Waals surface area contributed by atoms with Gasteiger partial charge in [0.25, 0.3) is 0 Å². The van der Waals surface area contributed by atoms with E-state index >= 15 is 0 Å². The highest BCUT2D eigenvalue weighted by molar-refractivity contribution is 7.89. The molecule has 0 N–H and O–H groups in total. The number of methoxy groups -OCH3 is 1. The van der Waals surface area contributed by atoms with Gasteiger partial charge in [0.2, 0.25) is 10.0 Å². The van der Waals surface area contributed by atoms with Crippen LogP contribution in [-0.2, 0) is 10.0 Å². The zero-order valence-electron chi connectivity index (χ0n) is 14.2. The molecule has 0 saturated carbocycles. The summed E-state index contributed by atoms with van der Waals surface area (Å²) in [4.78, 5) is 4.42. The van der Waals surface area contributed by atoms with E-state index in [-0.39, 0.29) is 6.04 Å². The molecule has 1 fully saturated rings. The van der Waals surface area contributed by atoms with E-state index < -0.39 is 10.0 Å². The van der Waals surface area contributed by atoms with Crippen molar-refractivity contribution < 1.29 is 13.2 Å². The average molecular weight is 346 g/mol. The maximum atomic E-state index is 13.3. The van der Waals surface area contributed by atoms with Crippen molar-refractivity contribution in [2.75, 3.05) is 13.7 Å². The first-order valence-corrected chi connectivity index (χ1v) is 9.46. The Morgan fingerprint density at radius 3 is 2.38 bits per heavy atom. The minimum atomic E-state index is -3.56. The SMILES string of the molecule is COc1cc(C)c(S(=O)(=O)N2CCC[C@H]2c2ccncc2)c(C)c1. The molecule has 2 aromatic rings. The first-order valence-electron chi connectivity index (χ1n) is 8.02. The topological polar surface area (TPSA) is 59.5 Å². The standard InChI is InChI=1S/C18H22N2O3S/c1-13-11-16(23-3)12-14(2)18(13)24(21,22)20-10-4-5-17(20)15-6-8-19-9-7-15/h6-9,11-12,17H,4-5,10H2,1-3H3/t17-/m0/s1. The third kappa shape index (κ3) is 2.91. The number of benzene rings is 1. The van der Waals surface area contributed by atoms with Crippen LogP contribution in [-0.4, -0.2) is 31.4 Å². The number of hydrogen-bond donors (Lipinski definition) is 0. The van der Waals surface area contributed by atoms with E-state index in [0.717, 1.165) is 18.4 Å². The fourth-order valence-electron chi connectivity index (χ4n) is 3.50. The molecule has 24 heavy (non-hydrogen) atoms. The summed E-state index contributed by atoms with van der Waals surface area (Å²) in [7, 11) is -1.98. The van der Waals surface area contributed by atoms with Crippen molar-refractivity contribution in [2.24, 2.45) is 0 Å². The third-order valence-corrected chi connectivity index (χ3v) is 6.75. The summed E-state index contributed by atoms with van der Waals surface area (Å²) < 4.78 is 33.5. The van der Waals surface area contributed by atoms with Crippen LogP contribution < -0.4 is 4.74 Å². The zero-order chi connectivity index (χ0) is 17.3. The van der Waals surface area contributed by atoms with Crippen LogP contribution in [0.2, 0.25) is 0 Å². The Morgan fingerprint density at radius 2 is 1.79 bits per heavy atom. The maximum absolute atomic E-state index is 13.3. The minimum absolute atomic E-state index is 0.126. The summed E-state index contributed by atoms with van der Waals surface area (Å²) in [5.74, 6) is 0.677. The number of hydrogen-bond acceptors (Lipinski definition) is 4. The fraction of sp³-hybridized carbons (Fsp3) is 0.389. The Labute approximate surface area is 143 Å². The van der Waals surface area contributed by atoms with E-state index in [1.165, 1.54) is 0 Å². The van der Waals surface area contributed by atoms with E-state index in [2.05, 4.69) is 4.98 Å². The summed E-state index contributed by atoms with van der Waals surface area (Å²) in [6.07, 6.45) is 5.11. The summed E-state index contributed by atoms with van der Waals surface area (Å²) in [6, 6.07) is 7.21. The summed E-state index contributed by atoms with van der Waals surface area (Å²) in [5, 5.41) is 0. The first-order chi connectivity index (χ1) is 11.4. The van der Waals surface area contributed by atoms with Crippen LogP contribution in [0.15, 0.2) is 41.6 Å². The second-order valence-electron chi connectivity index (χ2n) is 6.14. The molecule has 2 heterocycles. The summed E-state index contributed by atoms with van der Waals surface area (Å²) in [6.45, 7) is 4.18. The highest BCUT2D eigenvalue weighted by Gasteiger charge is 2.37. The Bertz CT molecular complexity index is 812. The molecule has 1 aromatic heterocycles. The average Bonchev–Trinajstić information content (AvgIpc) is 3.05. The van der Waals surface area contributed by atoms with Crippen LogP contribution in [0, 0.1) is 13.8 Å². The van der Waals surface area contributed by atoms with Gasteiger partial charge >= 0.3 is 0 Å². The van der Waals surface area contributed by atoms with Gasteiger partial charge in [0.1, 0.15) is 5.75 Å². The van der Waals surface area contributed by atoms with Crippen LogP contribution in [0.4, 0.5) is 0 Å². The van der Waals surface area contributed by atoms with E-state index in [1.807, 2.05) is 26.0 Å². The Balaban J connectivity index is 2.05. The molecule has 1 atom stereocenters. The lowest BCUT2D eigenvalue weighted by Gasteiger charge is -2.26. The van der Waals surface area contributed by atoms with Crippen LogP contribution in [0.25, 0.3) is 0 Å². The van der Waals surface area contributed by atoms with Gasteiger partial charge < -0.3 is 4.74 Å². The Kier molecular flexibility index (Phi) is 4.60. The maximum Gasteiger partial charge on any atom is 0.244 e. The quantitative estimate of drug-likeness (QED) is 0.853. The van der Waals surface area contributed by atoms with Gasteiger partial charge in [0.05, 0.1) is 18.0 Å². The molecular weight excluding hydrogens is 324 g/mol. The molecule has 0 spiro atoms. The van der Waals surface area contributed by atoms with Gasteiger partial charge in [-0.05, 0) is 67.6 Å². The number of ether oxygens (including phenoxy) is 1. The molecule has 1 aliphatic heterocycles. The molecule has 0 radical (unpaired) electrons. The molecule has 1 aliphatic rings. The van der Waals surface area contributed by atoms with Crippen LogP contribution in [0.5, 0.6) is 5.75 Å². The van der Waals surface area contributed by atoms with Gasteiger partial charge in [0, 0.05) is 18.9 Å². The second kappa shape index (κ2) is 6.53. The number of sulfonamides is 1.